The maximum absolute atomic E-state index is 11.5. The first-order valence-corrected chi connectivity index (χ1v) is 6.91. The van der Waals surface area contributed by atoms with Crippen molar-refractivity contribution in [1.29, 1.82) is 0 Å². The zero-order valence-corrected chi connectivity index (χ0v) is 12.2. The molecular weight excluding hydrogens is 256 g/mol. The van der Waals surface area contributed by atoms with Crippen LogP contribution in [0, 0.1) is 5.92 Å². The molecule has 0 aromatic heterocycles. The zero-order chi connectivity index (χ0) is 14.8. The summed E-state index contributed by atoms with van der Waals surface area (Å²) in [5.41, 5.74) is 6.31. The third kappa shape index (κ3) is 6.99. The minimum absolute atomic E-state index is 0.0485. The number of anilines is 1. The summed E-state index contributed by atoms with van der Waals surface area (Å²) in [4.78, 5) is 11.5. The number of carbonyl (C=O) groups excluding carboxylic acids is 1. The molecule has 1 aromatic rings. The van der Waals surface area contributed by atoms with Gasteiger partial charge in [0, 0.05) is 13.2 Å². The Labute approximate surface area is 120 Å². The third-order valence-electron chi connectivity index (χ3n) is 2.53. The molecule has 0 unspecified atom stereocenters. The molecule has 1 amide bonds. The van der Waals surface area contributed by atoms with Crippen LogP contribution in [0.3, 0.4) is 0 Å². The third-order valence-corrected chi connectivity index (χ3v) is 2.53. The van der Waals surface area contributed by atoms with Gasteiger partial charge in [-0.3, -0.25) is 4.79 Å². The summed E-state index contributed by atoms with van der Waals surface area (Å²) in [6, 6.07) is 7.23. The van der Waals surface area contributed by atoms with E-state index in [1.54, 1.807) is 12.1 Å². The Bertz CT molecular complexity index is 408. The number of hydrogen-bond donors (Lipinski definition) is 2. The quantitative estimate of drug-likeness (QED) is 0.534. The summed E-state index contributed by atoms with van der Waals surface area (Å²) in [7, 11) is 0. The molecule has 20 heavy (non-hydrogen) atoms. The lowest BCUT2D eigenvalue weighted by atomic mass is 10.2. The first kappa shape index (κ1) is 16.3. The van der Waals surface area contributed by atoms with Crippen LogP contribution in [-0.2, 0) is 9.53 Å². The Morgan fingerprint density at radius 1 is 1.30 bits per heavy atom. The number of nitrogens with one attached hydrogen (secondary N) is 1. The van der Waals surface area contributed by atoms with E-state index in [0.29, 0.717) is 50.1 Å². The molecule has 5 nitrogen and oxygen atoms in total. The number of para-hydroxylation sites is 2. The van der Waals surface area contributed by atoms with E-state index < -0.39 is 0 Å². The Morgan fingerprint density at radius 2 is 2.05 bits per heavy atom. The Morgan fingerprint density at radius 3 is 2.75 bits per heavy atom. The largest absolute Gasteiger partial charge is 0.491 e. The highest BCUT2D eigenvalue weighted by atomic mass is 16.5. The lowest BCUT2D eigenvalue weighted by Crippen LogP contribution is -2.28. The molecule has 0 heterocycles. The van der Waals surface area contributed by atoms with E-state index in [4.69, 9.17) is 15.2 Å². The predicted octanol–water partition coefficient (Wildman–Crippen LogP) is 1.83. The van der Waals surface area contributed by atoms with Crippen molar-refractivity contribution in [2.75, 3.05) is 32.1 Å². The van der Waals surface area contributed by atoms with Gasteiger partial charge in [-0.15, -0.1) is 0 Å². The fourth-order valence-corrected chi connectivity index (χ4v) is 1.54. The SMILES string of the molecule is CC(C)COCCNC(=O)CCOc1ccccc1N. The van der Waals surface area contributed by atoms with Crippen molar-refractivity contribution in [2.45, 2.75) is 20.3 Å². The molecule has 0 spiro atoms. The number of hydrogen-bond acceptors (Lipinski definition) is 4. The highest BCUT2D eigenvalue weighted by molar-refractivity contribution is 5.76. The number of carbonyl (C=O) groups is 1. The number of ether oxygens (including phenoxy) is 2. The van der Waals surface area contributed by atoms with Crippen molar-refractivity contribution in [3.63, 3.8) is 0 Å². The second kappa shape index (κ2) is 9.20. The van der Waals surface area contributed by atoms with Gasteiger partial charge in [-0.25, -0.2) is 0 Å². The van der Waals surface area contributed by atoms with Gasteiger partial charge in [0.2, 0.25) is 5.91 Å². The van der Waals surface area contributed by atoms with Crippen LogP contribution in [0.5, 0.6) is 5.75 Å². The van der Waals surface area contributed by atoms with Crippen LogP contribution < -0.4 is 15.8 Å². The van der Waals surface area contributed by atoms with Crippen LogP contribution in [-0.4, -0.2) is 32.3 Å². The van der Waals surface area contributed by atoms with Crippen molar-refractivity contribution in [1.82, 2.24) is 5.32 Å². The molecule has 1 aromatic carbocycles. The van der Waals surface area contributed by atoms with Gasteiger partial charge in [-0.1, -0.05) is 26.0 Å². The van der Waals surface area contributed by atoms with Crippen molar-refractivity contribution in [2.24, 2.45) is 5.92 Å². The minimum Gasteiger partial charge on any atom is -0.491 e. The van der Waals surface area contributed by atoms with E-state index >= 15 is 0 Å². The molecular formula is C15H24N2O3. The summed E-state index contributed by atoms with van der Waals surface area (Å²) in [5.74, 6) is 1.07. The van der Waals surface area contributed by atoms with Crippen LogP contribution in [0.4, 0.5) is 5.69 Å². The summed E-state index contributed by atoms with van der Waals surface area (Å²) in [6.07, 6.45) is 0.304. The molecule has 0 radical (unpaired) electrons. The summed E-state index contributed by atoms with van der Waals surface area (Å²) in [6.45, 7) is 6.27. The van der Waals surface area contributed by atoms with Crippen molar-refractivity contribution in [3.8, 4) is 5.75 Å². The van der Waals surface area contributed by atoms with E-state index in [9.17, 15) is 4.79 Å². The van der Waals surface area contributed by atoms with Gasteiger partial charge >= 0.3 is 0 Å². The molecule has 3 N–H and O–H groups in total. The van der Waals surface area contributed by atoms with E-state index in [2.05, 4.69) is 19.2 Å². The fourth-order valence-electron chi connectivity index (χ4n) is 1.54. The van der Waals surface area contributed by atoms with Gasteiger partial charge in [0.25, 0.3) is 0 Å². The molecule has 0 aliphatic heterocycles. The van der Waals surface area contributed by atoms with Crippen LogP contribution >= 0.6 is 0 Å². The monoisotopic (exact) mass is 280 g/mol. The second-order valence-electron chi connectivity index (χ2n) is 4.96. The van der Waals surface area contributed by atoms with E-state index in [1.807, 2.05) is 12.1 Å². The average molecular weight is 280 g/mol. The van der Waals surface area contributed by atoms with Crippen molar-refractivity contribution < 1.29 is 14.3 Å². The van der Waals surface area contributed by atoms with Crippen molar-refractivity contribution in [3.05, 3.63) is 24.3 Å². The van der Waals surface area contributed by atoms with E-state index in [0.717, 1.165) is 0 Å². The van der Waals surface area contributed by atoms with Crippen LogP contribution in [0.25, 0.3) is 0 Å². The molecule has 0 saturated carbocycles. The standard InChI is InChI=1S/C15H24N2O3/c1-12(2)11-19-10-8-17-15(18)7-9-20-14-6-4-3-5-13(14)16/h3-6,12H,7-11,16H2,1-2H3,(H,17,18). The average Bonchev–Trinajstić information content (AvgIpc) is 2.40. The highest BCUT2D eigenvalue weighted by Gasteiger charge is 2.03. The molecule has 0 aliphatic rings. The Kier molecular flexibility index (Phi) is 7.50. The normalized spacial score (nSPS) is 10.6. The molecule has 5 heteroatoms. The number of nitrogens with two attached hydrogens (primary N) is 1. The maximum atomic E-state index is 11.5. The van der Waals surface area contributed by atoms with Crippen LogP contribution in [0.2, 0.25) is 0 Å². The van der Waals surface area contributed by atoms with Gasteiger partial charge < -0.3 is 20.5 Å². The molecule has 0 fully saturated rings. The number of nitrogen functional groups attached to an aromatic ring is 1. The Balaban J connectivity index is 2.07. The highest BCUT2D eigenvalue weighted by Crippen LogP contribution is 2.19. The number of amides is 1. The van der Waals surface area contributed by atoms with Gasteiger partial charge in [0.15, 0.2) is 0 Å². The molecule has 0 bridgehead atoms. The topological polar surface area (TPSA) is 73.6 Å². The van der Waals surface area contributed by atoms with E-state index in [-0.39, 0.29) is 5.91 Å². The number of rotatable bonds is 9. The summed E-state index contributed by atoms with van der Waals surface area (Å²) in [5, 5.41) is 2.78. The first-order chi connectivity index (χ1) is 9.59. The molecule has 0 aliphatic carbocycles. The first-order valence-electron chi connectivity index (χ1n) is 6.91. The van der Waals surface area contributed by atoms with Gasteiger partial charge in [-0.2, -0.15) is 0 Å². The van der Waals surface area contributed by atoms with Gasteiger partial charge in [0.1, 0.15) is 5.75 Å². The number of benzene rings is 1. The lowest BCUT2D eigenvalue weighted by Gasteiger charge is -2.09. The van der Waals surface area contributed by atoms with Gasteiger partial charge in [-0.05, 0) is 18.1 Å². The predicted molar refractivity (Wildman–Crippen MR) is 79.6 cm³/mol. The van der Waals surface area contributed by atoms with E-state index in [1.165, 1.54) is 0 Å². The molecule has 112 valence electrons. The smallest absolute Gasteiger partial charge is 0.223 e. The Hall–Kier alpha value is -1.75. The molecule has 0 saturated heterocycles. The lowest BCUT2D eigenvalue weighted by molar-refractivity contribution is -0.121. The van der Waals surface area contributed by atoms with Crippen LogP contribution in [0.1, 0.15) is 20.3 Å². The molecule has 1 rings (SSSR count). The fraction of sp³-hybridized carbons (Fsp3) is 0.533. The van der Waals surface area contributed by atoms with Gasteiger partial charge in [0.05, 0.1) is 25.3 Å². The minimum atomic E-state index is -0.0485. The molecule has 0 atom stereocenters. The zero-order valence-electron chi connectivity index (χ0n) is 12.2. The summed E-state index contributed by atoms with van der Waals surface area (Å²) >= 11 is 0. The van der Waals surface area contributed by atoms with Crippen molar-refractivity contribution >= 4 is 11.6 Å². The summed E-state index contributed by atoms with van der Waals surface area (Å²) < 4.78 is 10.8. The second-order valence-corrected chi connectivity index (χ2v) is 4.96. The van der Waals surface area contributed by atoms with Crippen LogP contribution in [0.15, 0.2) is 24.3 Å². The maximum Gasteiger partial charge on any atom is 0.223 e.